The standard InChI is InChI=1S/C38H22N2O/c1-2-11-27-25(9-1)26-10-3-7-15-33(26)40-34-22-36-30(19-23(34)20-35(27)40)28-12-4-6-14-32(28)39(36)24-17-18-38-31(21-24)29-13-5-8-16-37(29)41-38/h1-22H. The molecular formula is C38H22N2O. The van der Waals surface area contributed by atoms with Gasteiger partial charge in [0.1, 0.15) is 11.2 Å². The number of benzene rings is 6. The van der Waals surface area contributed by atoms with E-state index in [0.29, 0.717) is 0 Å². The van der Waals surface area contributed by atoms with Gasteiger partial charge >= 0.3 is 0 Å². The van der Waals surface area contributed by atoms with Crippen molar-refractivity contribution in [2.75, 3.05) is 0 Å². The van der Waals surface area contributed by atoms with Crippen LogP contribution in [0.3, 0.4) is 0 Å². The maximum absolute atomic E-state index is 6.16. The lowest BCUT2D eigenvalue weighted by atomic mass is 10.1. The summed E-state index contributed by atoms with van der Waals surface area (Å²) < 4.78 is 11.0. The van der Waals surface area contributed by atoms with Crippen LogP contribution < -0.4 is 0 Å². The molecule has 4 aromatic heterocycles. The molecule has 10 rings (SSSR count). The van der Waals surface area contributed by atoms with Crippen molar-refractivity contribution >= 4 is 81.8 Å². The summed E-state index contributed by atoms with van der Waals surface area (Å²) in [5.74, 6) is 0. The van der Waals surface area contributed by atoms with Gasteiger partial charge in [-0.25, -0.2) is 0 Å². The minimum atomic E-state index is 0.911. The third-order valence-electron chi connectivity index (χ3n) is 8.85. The maximum Gasteiger partial charge on any atom is 0.135 e. The van der Waals surface area contributed by atoms with E-state index in [4.69, 9.17) is 4.42 Å². The van der Waals surface area contributed by atoms with Gasteiger partial charge in [-0.3, -0.25) is 0 Å². The molecule has 0 saturated carbocycles. The van der Waals surface area contributed by atoms with Gasteiger partial charge in [-0.15, -0.1) is 0 Å². The van der Waals surface area contributed by atoms with Crippen LogP contribution in [0.4, 0.5) is 0 Å². The molecule has 0 unspecified atom stereocenters. The van der Waals surface area contributed by atoms with Gasteiger partial charge in [-0.2, -0.15) is 0 Å². The fraction of sp³-hybridized carbons (Fsp3) is 0. The zero-order chi connectivity index (χ0) is 26.7. The van der Waals surface area contributed by atoms with Gasteiger partial charge in [0.05, 0.1) is 27.6 Å². The largest absolute Gasteiger partial charge is 0.456 e. The molecule has 0 spiro atoms. The molecule has 0 amide bonds. The van der Waals surface area contributed by atoms with E-state index in [1.54, 1.807) is 0 Å². The lowest BCUT2D eigenvalue weighted by molar-refractivity contribution is 0.669. The Balaban J connectivity index is 1.38. The summed E-state index contributed by atoms with van der Waals surface area (Å²) in [6, 6.07) is 48.2. The Morgan fingerprint density at radius 3 is 1.83 bits per heavy atom. The number of hydrogen-bond acceptors (Lipinski definition) is 1. The molecule has 190 valence electrons. The number of rotatable bonds is 1. The van der Waals surface area contributed by atoms with Crippen molar-refractivity contribution in [3.8, 4) is 5.69 Å². The molecule has 0 fully saturated rings. The third kappa shape index (κ3) is 2.72. The second-order valence-electron chi connectivity index (χ2n) is 11.0. The first-order chi connectivity index (χ1) is 20.3. The topological polar surface area (TPSA) is 22.5 Å². The predicted molar refractivity (Wildman–Crippen MR) is 172 cm³/mol. The van der Waals surface area contributed by atoms with Crippen molar-refractivity contribution in [3.63, 3.8) is 0 Å². The number of pyridine rings is 1. The Bertz CT molecular complexity index is 2700. The van der Waals surface area contributed by atoms with E-state index < -0.39 is 0 Å². The second-order valence-corrected chi connectivity index (χ2v) is 11.0. The number of hydrogen-bond donors (Lipinski definition) is 0. The number of furan rings is 1. The molecule has 10 aromatic rings. The van der Waals surface area contributed by atoms with Crippen molar-refractivity contribution in [2.45, 2.75) is 0 Å². The summed E-state index contributed by atoms with van der Waals surface area (Å²) in [5.41, 5.74) is 9.04. The predicted octanol–water partition coefficient (Wildman–Crippen LogP) is 10.4. The van der Waals surface area contributed by atoms with Crippen molar-refractivity contribution in [3.05, 3.63) is 133 Å². The summed E-state index contributed by atoms with van der Waals surface area (Å²) in [4.78, 5) is 0. The van der Waals surface area contributed by atoms with Crippen LogP contribution in [0.15, 0.2) is 138 Å². The highest BCUT2D eigenvalue weighted by atomic mass is 16.3. The van der Waals surface area contributed by atoms with E-state index in [1.807, 2.05) is 12.1 Å². The Kier molecular flexibility index (Phi) is 3.93. The van der Waals surface area contributed by atoms with E-state index in [1.165, 1.54) is 59.9 Å². The van der Waals surface area contributed by atoms with Crippen molar-refractivity contribution in [1.82, 2.24) is 8.97 Å². The molecule has 0 atom stereocenters. The van der Waals surface area contributed by atoms with Crippen molar-refractivity contribution in [2.24, 2.45) is 0 Å². The SMILES string of the molecule is c1ccc2c(c1)oc1ccc(-n3c4ccccc4c4cc5cc6c7ccccc7c7ccccc7n6c5cc43)cc12. The molecular weight excluding hydrogens is 500 g/mol. The fourth-order valence-corrected chi connectivity index (χ4v) is 7.10. The van der Waals surface area contributed by atoms with Gasteiger partial charge in [-0.05, 0) is 60.0 Å². The minimum Gasteiger partial charge on any atom is -0.456 e. The number of fused-ring (bicyclic) bond motifs is 14. The summed E-state index contributed by atoms with van der Waals surface area (Å²) >= 11 is 0. The van der Waals surface area contributed by atoms with E-state index in [-0.39, 0.29) is 0 Å². The zero-order valence-electron chi connectivity index (χ0n) is 22.0. The van der Waals surface area contributed by atoms with E-state index >= 15 is 0 Å². The monoisotopic (exact) mass is 522 g/mol. The Morgan fingerprint density at radius 2 is 1.00 bits per heavy atom. The van der Waals surface area contributed by atoms with Gasteiger partial charge in [-0.1, -0.05) is 78.9 Å². The number of aromatic nitrogens is 2. The Hall–Kier alpha value is -5.54. The average molecular weight is 523 g/mol. The smallest absolute Gasteiger partial charge is 0.135 e. The Morgan fingerprint density at radius 1 is 0.366 bits per heavy atom. The van der Waals surface area contributed by atoms with Crippen LogP contribution in [0.1, 0.15) is 0 Å². The number of nitrogens with zero attached hydrogens (tertiary/aromatic N) is 2. The van der Waals surface area contributed by atoms with Gasteiger partial charge in [0.15, 0.2) is 0 Å². The maximum atomic E-state index is 6.16. The van der Waals surface area contributed by atoms with Crippen molar-refractivity contribution < 1.29 is 4.42 Å². The van der Waals surface area contributed by atoms with Gasteiger partial charge in [0.2, 0.25) is 0 Å². The van der Waals surface area contributed by atoms with Crippen LogP contribution in [0.5, 0.6) is 0 Å². The van der Waals surface area contributed by atoms with Gasteiger partial charge in [0.25, 0.3) is 0 Å². The van der Waals surface area contributed by atoms with E-state index in [9.17, 15) is 0 Å². The molecule has 3 heteroatoms. The summed E-state index contributed by atoms with van der Waals surface area (Å²) in [6.45, 7) is 0. The molecule has 0 saturated heterocycles. The highest BCUT2D eigenvalue weighted by molar-refractivity contribution is 6.19. The summed E-state index contributed by atoms with van der Waals surface area (Å²) in [5, 5.41) is 9.88. The molecule has 0 N–H and O–H groups in total. The summed E-state index contributed by atoms with van der Waals surface area (Å²) in [6.07, 6.45) is 0. The lowest BCUT2D eigenvalue weighted by Crippen LogP contribution is -1.94. The highest BCUT2D eigenvalue weighted by Gasteiger charge is 2.18. The highest BCUT2D eigenvalue weighted by Crippen LogP contribution is 2.40. The molecule has 41 heavy (non-hydrogen) atoms. The van der Waals surface area contributed by atoms with Gasteiger partial charge < -0.3 is 13.4 Å². The molecule has 0 radical (unpaired) electrons. The first-order valence-corrected chi connectivity index (χ1v) is 14.0. The molecule has 3 nitrogen and oxygen atoms in total. The van der Waals surface area contributed by atoms with Crippen molar-refractivity contribution in [1.29, 1.82) is 0 Å². The molecule has 0 aliphatic rings. The Labute approximate surface area is 234 Å². The van der Waals surface area contributed by atoms with Crippen LogP contribution in [0.2, 0.25) is 0 Å². The molecule has 0 aliphatic heterocycles. The minimum absolute atomic E-state index is 0.911. The average Bonchev–Trinajstić information content (AvgIpc) is 3.69. The first kappa shape index (κ1) is 21.3. The summed E-state index contributed by atoms with van der Waals surface area (Å²) in [7, 11) is 0. The van der Waals surface area contributed by atoms with Gasteiger partial charge in [0, 0.05) is 43.4 Å². The molecule has 4 heterocycles. The van der Waals surface area contributed by atoms with Crippen LogP contribution in [-0.4, -0.2) is 8.97 Å². The first-order valence-electron chi connectivity index (χ1n) is 14.0. The fourth-order valence-electron chi connectivity index (χ4n) is 7.10. The second kappa shape index (κ2) is 7.56. The zero-order valence-corrected chi connectivity index (χ0v) is 22.0. The van der Waals surface area contributed by atoms with E-state index in [0.717, 1.165) is 27.6 Å². The lowest BCUT2D eigenvalue weighted by Gasteiger charge is -2.11. The van der Waals surface area contributed by atoms with Crippen LogP contribution in [0, 0.1) is 0 Å². The molecule has 6 aromatic carbocycles. The van der Waals surface area contributed by atoms with Crippen LogP contribution in [0.25, 0.3) is 87.5 Å². The van der Waals surface area contributed by atoms with Crippen LogP contribution in [-0.2, 0) is 0 Å². The normalized spacial score (nSPS) is 12.4. The van der Waals surface area contributed by atoms with E-state index in [2.05, 4.69) is 130 Å². The quantitative estimate of drug-likeness (QED) is 0.197. The molecule has 0 aliphatic carbocycles. The number of para-hydroxylation sites is 3. The van der Waals surface area contributed by atoms with Crippen LogP contribution >= 0.6 is 0 Å². The third-order valence-corrected chi connectivity index (χ3v) is 8.85. The molecule has 0 bridgehead atoms.